The Morgan fingerprint density at radius 2 is 1.75 bits per heavy atom. The van der Waals surface area contributed by atoms with Gasteiger partial charge in [0, 0.05) is 34.3 Å². The van der Waals surface area contributed by atoms with Gasteiger partial charge in [0.1, 0.15) is 0 Å². The van der Waals surface area contributed by atoms with Crippen molar-refractivity contribution in [1.29, 1.82) is 0 Å². The summed E-state index contributed by atoms with van der Waals surface area (Å²) in [6, 6.07) is 0. The van der Waals surface area contributed by atoms with E-state index in [2.05, 4.69) is 0 Å². The molecule has 0 amide bonds. The van der Waals surface area contributed by atoms with Gasteiger partial charge in [-0.2, -0.15) is 0 Å². The van der Waals surface area contributed by atoms with Crippen molar-refractivity contribution in [3.63, 3.8) is 0 Å². The van der Waals surface area contributed by atoms with E-state index in [-0.39, 0.29) is 34.3 Å². The third-order valence-corrected chi connectivity index (χ3v) is 0. The van der Waals surface area contributed by atoms with Gasteiger partial charge < -0.3 is 5.11 Å². The summed E-state index contributed by atoms with van der Waals surface area (Å²) in [5, 5.41) is 7.57. The van der Waals surface area contributed by atoms with Crippen molar-refractivity contribution in [1.82, 2.24) is 0 Å². The first-order valence-corrected chi connectivity index (χ1v) is 1.02. The summed E-state index contributed by atoms with van der Waals surface area (Å²) in [4.78, 5) is 0. The van der Waals surface area contributed by atoms with Crippen molar-refractivity contribution >= 4 is 0 Å². The summed E-state index contributed by atoms with van der Waals surface area (Å²) < 4.78 is 0. The molecule has 0 aliphatic carbocycles. The first-order valence-electron chi connectivity index (χ1n) is 1.02. The third kappa shape index (κ3) is 13.0. The van der Waals surface area contributed by atoms with Crippen molar-refractivity contribution in [2.75, 3.05) is 6.61 Å². The molecule has 0 aliphatic rings. The second-order valence-electron chi connectivity index (χ2n) is 0.316. The smallest absolute Gasteiger partial charge is 0.0402 e. The van der Waals surface area contributed by atoms with Gasteiger partial charge in [-0.15, -0.1) is 0 Å². The Labute approximate surface area is 46.5 Å². The summed E-state index contributed by atoms with van der Waals surface area (Å²) in [6.07, 6.45) is 0. The molecule has 0 rings (SSSR count). The van der Waals surface area contributed by atoms with Crippen LogP contribution in [0.25, 0.3) is 0 Å². The van der Waals surface area contributed by atoms with E-state index < -0.39 is 0 Å². The SMILES string of the molecule is CCO.[Hg]. The molecule has 2 heteroatoms. The zero-order valence-corrected chi connectivity index (χ0v) is 8.36. The monoisotopic (exact) mass is 248 g/mol. The van der Waals surface area contributed by atoms with Crippen LogP contribution in [0.15, 0.2) is 0 Å². The fourth-order valence-electron chi connectivity index (χ4n) is 0. The second kappa shape index (κ2) is 9.09. The fraction of sp³-hybridized carbons (Fsp3) is 1.00. The normalized spacial score (nSPS) is 4.50. The van der Waals surface area contributed by atoms with Crippen LogP contribution in [0.1, 0.15) is 6.92 Å². The Morgan fingerprint density at radius 1 is 1.75 bits per heavy atom. The molecule has 1 nitrogen and oxygen atoms in total. The van der Waals surface area contributed by atoms with Gasteiger partial charge in [0.05, 0.1) is 0 Å². The second-order valence-corrected chi connectivity index (χ2v) is 0.316. The van der Waals surface area contributed by atoms with Crippen LogP contribution in [0.3, 0.4) is 0 Å². The van der Waals surface area contributed by atoms with Gasteiger partial charge in [-0.3, -0.25) is 0 Å². The van der Waals surface area contributed by atoms with E-state index in [0.29, 0.717) is 0 Å². The number of aliphatic hydroxyl groups excluding tert-OH is 1. The third-order valence-electron chi connectivity index (χ3n) is 0. The maximum absolute atomic E-state index is 7.57. The van der Waals surface area contributed by atoms with Crippen molar-refractivity contribution < 1.29 is 32.8 Å². The molecule has 0 radical (unpaired) electrons. The van der Waals surface area contributed by atoms with Crippen molar-refractivity contribution in [3.05, 3.63) is 0 Å². The maximum Gasteiger partial charge on any atom is 0.0402 e. The first kappa shape index (κ1) is 8.86. The van der Waals surface area contributed by atoms with Crippen LogP contribution in [0.2, 0.25) is 0 Å². The van der Waals surface area contributed by atoms with Crippen LogP contribution in [0.5, 0.6) is 0 Å². The molecule has 0 aliphatic heterocycles. The molecule has 0 spiro atoms. The van der Waals surface area contributed by atoms with Crippen LogP contribution in [0.4, 0.5) is 0 Å². The topological polar surface area (TPSA) is 20.2 Å². The summed E-state index contributed by atoms with van der Waals surface area (Å²) >= 11 is 0. The Morgan fingerprint density at radius 3 is 1.75 bits per heavy atom. The quantitative estimate of drug-likeness (QED) is 0.597. The van der Waals surface area contributed by atoms with Gasteiger partial charge in [-0.1, -0.05) is 0 Å². The van der Waals surface area contributed by atoms with Gasteiger partial charge in [0.25, 0.3) is 0 Å². The summed E-state index contributed by atoms with van der Waals surface area (Å²) in [5.74, 6) is 0. The molecule has 0 saturated heterocycles. The summed E-state index contributed by atoms with van der Waals surface area (Å²) in [5.41, 5.74) is 0. The van der Waals surface area contributed by atoms with E-state index in [1.54, 1.807) is 6.92 Å². The molecule has 0 unspecified atom stereocenters. The van der Waals surface area contributed by atoms with E-state index in [9.17, 15) is 0 Å². The minimum absolute atomic E-state index is 0. The van der Waals surface area contributed by atoms with Gasteiger partial charge in [-0.25, -0.2) is 0 Å². The average molecular weight is 247 g/mol. The van der Waals surface area contributed by atoms with Gasteiger partial charge in [0.15, 0.2) is 0 Å². The van der Waals surface area contributed by atoms with E-state index in [1.807, 2.05) is 0 Å². The fourth-order valence-corrected chi connectivity index (χ4v) is 0. The van der Waals surface area contributed by atoms with Gasteiger partial charge in [0.2, 0.25) is 0 Å². The molecule has 0 atom stereocenters. The van der Waals surface area contributed by atoms with Gasteiger partial charge >= 0.3 is 0 Å². The molecule has 1 N–H and O–H groups in total. The predicted octanol–water partition coefficient (Wildman–Crippen LogP) is -0.00390. The Hall–Kier alpha value is 0.895. The maximum atomic E-state index is 7.57. The van der Waals surface area contributed by atoms with Gasteiger partial charge in [-0.05, 0) is 6.92 Å². The average Bonchev–Trinajstić information content (AvgIpc) is 0.918. The Kier molecular flexibility index (Phi) is 20.1. The molecule has 0 aromatic carbocycles. The molecule has 22 valence electrons. The van der Waals surface area contributed by atoms with Crippen molar-refractivity contribution in [2.24, 2.45) is 0 Å². The Bertz CT molecular complexity index is 6.00. The van der Waals surface area contributed by atoms with E-state index >= 15 is 0 Å². The standard InChI is InChI=1S/C2H6O.Hg/c1-2-3;/h3H,2H2,1H3;. The van der Waals surface area contributed by atoms with Crippen LogP contribution in [0, 0.1) is 0 Å². The minimum Gasteiger partial charge on any atom is -0.397 e. The number of hydrogen-bond acceptors (Lipinski definition) is 1. The van der Waals surface area contributed by atoms with Crippen LogP contribution in [-0.2, 0) is 27.7 Å². The molecule has 0 aromatic rings. The van der Waals surface area contributed by atoms with E-state index in [1.165, 1.54) is 0 Å². The van der Waals surface area contributed by atoms with Crippen molar-refractivity contribution in [3.8, 4) is 0 Å². The molecule has 0 bridgehead atoms. The van der Waals surface area contributed by atoms with Crippen LogP contribution >= 0.6 is 0 Å². The van der Waals surface area contributed by atoms with Crippen LogP contribution < -0.4 is 0 Å². The molecular weight excluding hydrogens is 241 g/mol. The molecule has 4 heavy (non-hydrogen) atoms. The van der Waals surface area contributed by atoms with E-state index in [0.717, 1.165) is 0 Å². The number of aliphatic hydroxyl groups is 1. The van der Waals surface area contributed by atoms with Crippen LogP contribution in [-0.4, -0.2) is 11.7 Å². The predicted molar refractivity (Wildman–Crippen MR) is 12.8 cm³/mol. The zero-order valence-electron chi connectivity index (χ0n) is 2.86. The molecule has 0 saturated carbocycles. The number of hydrogen-bond donors (Lipinski definition) is 1. The number of rotatable bonds is 0. The summed E-state index contributed by atoms with van der Waals surface area (Å²) in [6.45, 7) is 1.93. The molecule has 0 aromatic heterocycles. The first-order chi connectivity index (χ1) is 1.41. The molecular formula is C2H6HgO. The van der Waals surface area contributed by atoms with E-state index in [4.69, 9.17) is 5.11 Å². The largest absolute Gasteiger partial charge is 0.397 e. The molecule has 0 fully saturated rings. The minimum atomic E-state index is 0. The summed E-state index contributed by atoms with van der Waals surface area (Å²) in [7, 11) is 0. The Balaban J connectivity index is 0. The molecule has 0 heterocycles. The zero-order chi connectivity index (χ0) is 2.71. The van der Waals surface area contributed by atoms with Crippen molar-refractivity contribution in [2.45, 2.75) is 6.92 Å².